The molecule has 1 aromatic heterocycles. The van der Waals surface area contributed by atoms with Crippen molar-refractivity contribution < 1.29 is 0 Å². The minimum atomic E-state index is 0.479. The number of aromatic nitrogens is 2. The fourth-order valence-corrected chi connectivity index (χ4v) is 3.00. The first-order chi connectivity index (χ1) is 8.35. The quantitative estimate of drug-likeness (QED) is 0.821. The van der Waals surface area contributed by atoms with E-state index in [2.05, 4.69) is 35.1 Å². The first-order valence-electron chi connectivity index (χ1n) is 7.04. The van der Waals surface area contributed by atoms with Gasteiger partial charge in [-0.25, -0.2) is 0 Å². The van der Waals surface area contributed by atoms with Gasteiger partial charge in [0.15, 0.2) is 0 Å². The lowest BCUT2D eigenvalue weighted by atomic mass is 9.96. The van der Waals surface area contributed by atoms with Gasteiger partial charge in [0.05, 0.1) is 5.69 Å². The number of nitrogens with zero attached hydrogens (tertiary/aromatic N) is 2. The molecule has 1 fully saturated rings. The third-order valence-corrected chi connectivity index (χ3v) is 3.93. The molecule has 17 heavy (non-hydrogen) atoms. The predicted octanol–water partition coefficient (Wildman–Crippen LogP) is 3.13. The standard InChI is InChI=1S/C14H25N3/c1-3-10-17-14(8-9-16-17)13(15-2)11-12-6-4-5-7-12/h8-9,12-13,15H,3-7,10-11H2,1-2H3. The van der Waals surface area contributed by atoms with Crippen LogP contribution in [0.4, 0.5) is 0 Å². The summed E-state index contributed by atoms with van der Waals surface area (Å²) in [6.45, 7) is 3.24. The van der Waals surface area contributed by atoms with Gasteiger partial charge in [-0.15, -0.1) is 0 Å². The predicted molar refractivity (Wildman–Crippen MR) is 70.9 cm³/mol. The molecule has 0 amide bonds. The van der Waals surface area contributed by atoms with E-state index in [4.69, 9.17) is 0 Å². The SMILES string of the molecule is CCCn1nccc1C(CC1CCCC1)NC. The topological polar surface area (TPSA) is 29.9 Å². The molecule has 3 heteroatoms. The lowest BCUT2D eigenvalue weighted by molar-refractivity contribution is 0.390. The lowest BCUT2D eigenvalue weighted by Crippen LogP contribution is -2.22. The van der Waals surface area contributed by atoms with Crippen molar-refractivity contribution >= 4 is 0 Å². The van der Waals surface area contributed by atoms with Crippen LogP contribution in [-0.4, -0.2) is 16.8 Å². The van der Waals surface area contributed by atoms with Crippen molar-refractivity contribution in [1.29, 1.82) is 0 Å². The van der Waals surface area contributed by atoms with E-state index in [1.54, 1.807) is 0 Å². The Morgan fingerprint density at radius 2 is 2.24 bits per heavy atom. The first kappa shape index (κ1) is 12.6. The van der Waals surface area contributed by atoms with Gasteiger partial charge in [-0.3, -0.25) is 4.68 Å². The first-order valence-corrected chi connectivity index (χ1v) is 7.04. The van der Waals surface area contributed by atoms with Gasteiger partial charge in [0.25, 0.3) is 0 Å². The fraction of sp³-hybridized carbons (Fsp3) is 0.786. The van der Waals surface area contributed by atoms with Gasteiger partial charge < -0.3 is 5.32 Å². The smallest absolute Gasteiger partial charge is 0.0553 e. The maximum Gasteiger partial charge on any atom is 0.0553 e. The highest BCUT2D eigenvalue weighted by Crippen LogP contribution is 2.32. The zero-order valence-corrected chi connectivity index (χ0v) is 11.2. The number of hydrogen-bond donors (Lipinski definition) is 1. The van der Waals surface area contributed by atoms with Crippen LogP contribution in [0.15, 0.2) is 12.3 Å². The molecule has 1 unspecified atom stereocenters. The second-order valence-corrected chi connectivity index (χ2v) is 5.21. The third kappa shape index (κ3) is 3.09. The average Bonchev–Trinajstić information content (AvgIpc) is 2.97. The van der Waals surface area contributed by atoms with Crippen molar-refractivity contribution in [3.05, 3.63) is 18.0 Å². The molecule has 1 heterocycles. The van der Waals surface area contributed by atoms with E-state index in [-0.39, 0.29) is 0 Å². The van der Waals surface area contributed by atoms with Gasteiger partial charge in [-0.05, 0) is 31.9 Å². The van der Waals surface area contributed by atoms with Crippen molar-refractivity contribution in [3.8, 4) is 0 Å². The summed E-state index contributed by atoms with van der Waals surface area (Å²) in [5.74, 6) is 0.914. The number of aryl methyl sites for hydroxylation is 1. The molecular weight excluding hydrogens is 210 g/mol. The Morgan fingerprint density at radius 3 is 2.88 bits per heavy atom. The van der Waals surface area contributed by atoms with Crippen LogP contribution in [0.5, 0.6) is 0 Å². The van der Waals surface area contributed by atoms with Gasteiger partial charge >= 0.3 is 0 Å². The van der Waals surface area contributed by atoms with Crippen molar-refractivity contribution in [2.75, 3.05) is 7.05 Å². The normalized spacial score (nSPS) is 18.7. The molecule has 1 aromatic rings. The third-order valence-electron chi connectivity index (χ3n) is 3.93. The van der Waals surface area contributed by atoms with Gasteiger partial charge in [-0.1, -0.05) is 32.6 Å². The van der Waals surface area contributed by atoms with Crippen LogP contribution < -0.4 is 5.32 Å². The highest BCUT2D eigenvalue weighted by molar-refractivity contribution is 5.07. The van der Waals surface area contributed by atoms with Crippen LogP contribution >= 0.6 is 0 Å². The average molecular weight is 235 g/mol. The van der Waals surface area contributed by atoms with E-state index in [9.17, 15) is 0 Å². The van der Waals surface area contributed by atoms with Crippen LogP contribution in [0.25, 0.3) is 0 Å². The number of nitrogens with one attached hydrogen (secondary N) is 1. The lowest BCUT2D eigenvalue weighted by Gasteiger charge is -2.21. The van der Waals surface area contributed by atoms with Gasteiger partial charge in [0.2, 0.25) is 0 Å². The number of hydrogen-bond acceptors (Lipinski definition) is 2. The maximum absolute atomic E-state index is 4.43. The summed E-state index contributed by atoms with van der Waals surface area (Å²) in [4.78, 5) is 0. The second-order valence-electron chi connectivity index (χ2n) is 5.21. The van der Waals surface area contributed by atoms with Crippen molar-refractivity contribution in [2.24, 2.45) is 5.92 Å². The van der Waals surface area contributed by atoms with E-state index >= 15 is 0 Å². The molecule has 1 aliphatic rings. The van der Waals surface area contributed by atoms with Gasteiger partial charge in [-0.2, -0.15) is 5.10 Å². The van der Waals surface area contributed by atoms with E-state index in [0.29, 0.717) is 6.04 Å². The maximum atomic E-state index is 4.43. The van der Waals surface area contributed by atoms with Gasteiger partial charge in [0.1, 0.15) is 0 Å². The van der Waals surface area contributed by atoms with Crippen molar-refractivity contribution in [2.45, 2.75) is 58.0 Å². The van der Waals surface area contributed by atoms with Gasteiger partial charge in [0, 0.05) is 18.8 Å². The van der Waals surface area contributed by atoms with Crippen molar-refractivity contribution in [3.63, 3.8) is 0 Å². The van der Waals surface area contributed by atoms with Crippen LogP contribution in [0, 0.1) is 5.92 Å². The van der Waals surface area contributed by atoms with Crippen molar-refractivity contribution in [1.82, 2.24) is 15.1 Å². The van der Waals surface area contributed by atoms with Crippen LogP contribution in [0.1, 0.15) is 57.2 Å². The zero-order chi connectivity index (χ0) is 12.1. The molecule has 0 aliphatic heterocycles. The summed E-state index contributed by atoms with van der Waals surface area (Å²) < 4.78 is 2.16. The summed E-state index contributed by atoms with van der Waals surface area (Å²) in [6.07, 6.45) is 10.0. The molecule has 96 valence electrons. The molecule has 1 atom stereocenters. The molecule has 2 rings (SSSR count). The Labute approximate surface area is 105 Å². The van der Waals surface area contributed by atoms with E-state index in [0.717, 1.165) is 18.9 Å². The Kier molecular flexibility index (Phi) is 4.60. The van der Waals surface area contributed by atoms with Crippen LogP contribution in [0.3, 0.4) is 0 Å². The minimum absolute atomic E-state index is 0.479. The summed E-state index contributed by atoms with van der Waals surface area (Å²) in [7, 11) is 2.07. The molecule has 0 saturated heterocycles. The molecule has 1 N–H and O–H groups in total. The van der Waals surface area contributed by atoms with E-state index in [1.165, 1.54) is 37.8 Å². The molecule has 0 spiro atoms. The Balaban J connectivity index is 2.02. The Hall–Kier alpha value is -0.830. The molecule has 1 aliphatic carbocycles. The molecular formula is C14H25N3. The minimum Gasteiger partial charge on any atom is -0.312 e. The monoisotopic (exact) mass is 235 g/mol. The number of rotatable bonds is 6. The molecule has 0 radical (unpaired) electrons. The largest absolute Gasteiger partial charge is 0.312 e. The van der Waals surface area contributed by atoms with E-state index in [1.807, 2.05) is 6.20 Å². The Morgan fingerprint density at radius 1 is 1.47 bits per heavy atom. The molecule has 0 bridgehead atoms. The van der Waals surface area contributed by atoms with Crippen LogP contribution in [0.2, 0.25) is 0 Å². The highest BCUT2D eigenvalue weighted by Gasteiger charge is 2.22. The van der Waals surface area contributed by atoms with Crippen LogP contribution in [-0.2, 0) is 6.54 Å². The molecule has 1 saturated carbocycles. The van der Waals surface area contributed by atoms with E-state index < -0.39 is 0 Å². The zero-order valence-electron chi connectivity index (χ0n) is 11.2. The Bertz CT molecular complexity index is 326. The fourth-order valence-electron chi connectivity index (χ4n) is 3.00. The summed E-state index contributed by atoms with van der Waals surface area (Å²) >= 11 is 0. The summed E-state index contributed by atoms with van der Waals surface area (Å²) in [6, 6.07) is 2.65. The summed E-state index contributed by atoms with van der Waals surface area (Å²) in [5, 5.41) is 7.90. The highest BCUT2D eigenvalue weighted by atomic mass is 15.3. The summed E-state index contributed by atoms with van der Waals surface area (Å²) in [5.41, 5.74) is 1.36. The molecule has 3 nitrogen and oxygen atoms in total. The second kappa shape index (κ2) is 6.20. The molecule has 0 aromatic carbocycles.